The second-order valence-electron chi connectivity index (χ2n) is 4.68. The zero-order chi connectivity index (χ0) is 12.3. The van der Waals surface area contributed by atoms with Crippen molar-refractivity contribution in [3.05, 3.63) is 34.1 Å². The molecule has 2 N–H and O–H groups in total. The Morgan fingerprint density at radius 2 is 2.24 bits per heavy atom. The van der Waals surface area contributed by atoms with Crippen LogP contribution in [0.25, 0.3) is 0 Å². The van der Waals surface area contributed by atoms with Gasteiger partial charge in [0.1, 0.15) is 5.82 Å². The van der Waals surface area contributed by atoms with Gasteiger partial charge in [-0.1, -0.05) is 12.1 Å². The standard InChI is InChI=1S/C13H18BrFN2/c1-9(7-17-11-5-6-11)16-8-10-3-2-4-12(14)13(10)15/h2-4,9,11,16-17H,5-8H2,1H3. The van der Waals surface area contributed by atoms with Crippen molar-refractivity contribution in [1.29, 1.82) is 0 Å². The molecule has 0 bridgehead atoms. The lowest BCUT2D eigenvalue weighted by molar-refractivity contribution is 0.489. The monoisotopic (exact) mass is 300 g/mol. The summed E-state index contributed by atoms with van der Waals surface area (Å²) in [6, 6.07) is 6.47. The van der Waals surface area contributed by atoms with Gasteiger partial charge in [-0.25, -0.2) is 4.39 Å². The quantitative estimate of drug-likeness (QED) is 0.844. The minimum absolute atomic E-state index is 0.164. The number of benzene rings is 1. The van der Waals surface area contributed by atoms with Crippen LogP contribution in [0.1, 0.15) is 25.3 Å². The summed E-state index contributed by atoms with van der Waals surface area (Å²) in [5, 5.41) is 6.78. The van der Waals surface area contributed by atoms with E-state index in [0.717, 1.165) is 12.6 Å². The van der Waals surface area contributed by atoms with Gasteiger partial charge in [0.05, 0.1) is 4.47 Å². The van der Waals surface area contributed by atoms with Gasteiger partial charge in [0.15, 0.2) is 0 Å². The molecule has 4 heteroatoms. The third kappa shape index (κ3) is 4.05. The number of nitrogens with one attached hydrogen (secondary N) is 2. The normalized spacial score (nSPS) is 17.1. The molecule has 0 aromatic heterocycles. The van der Waals surface area contributed by atoms with Crippen LogP contribution in [0.4, 0.5) is 4.39 Å². The summed E-state index contributed by atoms with van der Waals surface area (Å²) in [5.41, 5.74) is 0.706. The van der Waals surface area contributed by atoms with Crippen molar-refractivity contribution in [1.82, 2.24) is 10.6 Å². The van der Waals surface area contributed by atoms with Gasteiger partial charge in [-0.05, 0) is 41.8 Å². The van der Waals surface area contributed by atoms with E-state index in [-0.39, 0.29) is 5.82 Å². The van der Waals surface area contributed by atoms with Crippen LogP contribution in [-0.4, -0.2) is 18.6 Å². The van der Waals surface area contributed by atoms with Crippen LogP contribution in [0.5, 0.6) is 0 Å². The Morgan fingerprint density at radius 3 is 2.94 bits per heavy atom. The second kappa shape index (κ2) is 5.94. The zero-order valence-corrected chi connectivity index (χ0v) is 11.6. The van der Waals surface area contributed by atoms with Crippen molar-refractivity contribution in [2.24, 2.45) is 0 Å². The minimum Gasteiger partial charge on any atom is -0.312 e. The van der Waals surface area contributed by atoms with E-state index in [0.29, 0.717) is 22.6 Å². The molecule has 17 heavy (non-hydrogen) atoms. The van der Waals surface area contributed by atoms with Gasteiger partial charge in [-0.15, -0.1) is 0 Å². The SMILES string of the molecule is CC(CNC1CC1)NCc1cccc(Br)c1F. The summed E-state index contributed by atoms with van der Waals surface area (Å²) in [7, 11) is 0. The Hall–Kier alpha value is -0.450. The molecule has 0 spiro atoms. The number of hydrogen-bond donors (Lipinski definition) is 2. The predicted octanol–water partition coefficient (Wildman–Crippen LogP) is 2.82. The first kappa shape index (κ1) is 13.0. The Morgan fingerprint density at radius 1 is 1.47 bits per heavy atom. The third-order valence-corrected chi connectivity index (χ3v) is 3.58. The van der Waals surface area contributed by atoms with E-state index < -0.39 is 0 Å². The van der Waals surface area contributed by atoms with Gasteiger partial charge in [0.2, 0.25) is 0 Å². The van der Waals surface area contributed by atoms with Crippen molar-refractivity contribution >= 4 is 15.9 Å². The largest absolute Gasteiger partial charge is 0.312 e. The molecule has 1 aromatic rings. The fraction of sp³-hybridized carbons (Fsp3) is 0.538. The average Bonchev–Trinajstić information content (AvgIpc) is 3.12. The predicted molar refractivity (Wildman–Crippen MR) is 71.4 cm³/mol. The Labute approximate surface area is 110 Å². The van der Waals surface area contributed by atoms with Crippen LogP contribution < -0.4 is 10.6 Å². The van der Waals surface area contributed by atoms with E-state index in [2.05, 4.69) is 33.5 Å². The van der Waals surface area contributed by atoms with E-state index in [1.807, 2.05) is 12.1 Å². The van der Waals surface area contributed by atoms with Crippen molar-refractivity contribution in [3.8, 4) is 0 Å². The first-order valence-electron chi connectivity index (χ1n) is 6.06. The summed E-state index contributed by atoms with van der Waals surface area (Å²) in [6.45, 7) is 3.63. The first-order valence-corrected chi connectivity index (χ1v) is 6.86. The molecule has 0 saturated heterocycles. The van der Waals surface area contributed by atoms with Crippen molar-refractivity contribution in [2.45, 2.75) is 38.4 Å². The molecule has 1 aliphatic carbocycles. The summed E-state index contributed by atoms with van der Waals surface area (Å²) in [5.74, 6) is -0.164. The highest BCUT2D eigenvalue weighted by molar-refractivity contribution is 9.10. The number of rotatable bonds is 6. The summed E-state index contributed by atoms with van der Waals surface area (Å²) in [4.78, 5) is 0. The highest BCUT2D eigenvalue weighted by Crippen LogP contribution is 2.19. The van der Waals surface area contributed by atoms with Gasteiger partial charge in [0.25, 0.3) is 0 Å². The summed E-state index contributed by atoms with van der Waals surface area (Å²) in [6.07, 6.45) is 2.60. The molecule has 2 rings (SSSR count). The first-order chi connectivity index (χ1) is 8.16. The maximum atomic E-state index is 13.7. The molecule has 94 valence electrons. The molecule has 1 fully saturated rings. The van der Waals surface area contributed by atoms with E-state index >= 15 is 0 Å². The van der Waals surface area contributed by atoms with Gasteiger partial charge in [-0.3, -0.25) is 0 Å². The maximum Gasteiger partial charge on any atom is 0.141 e. The van der Waals surface area contributed by atoms with Crippen LogP contribution in [0.15, 0.2) is 22.7 Å². The third-order valence-electron chi connectivity index (χ3n) is 2.96. The fourth-order valence-electron chi connectivity index (χ4n) is 1.67. The van der Waals surface area contributed by atoms with Crippen LogP contribution in [0.2, 0.25) is 0 Å². The van der Waals surface area contributed by atoms with Crippen molar-refractivity contribution in [3.63, 3.8) is 0 Å². The van der Waals surface area contributed by atoms with Crippen LogP contribution in [-0.2, 0) is 6.54 Å². The van der Waals surface area contributed by atoms with Gasteiger partial charge in [0, 0.05) is 30.7 Å². The second-order valence-corrected chi connectivity index (χ2v) is 5.53. The lowest BCUT2D eigenvalue weighted by Crippen LogP contribution is -2.36. The van der Waals surface area contributed by atoms with E-state index in [4.69, 9.17) is 0 Å². The van der Waals surface area contributed by atoms with E-state index in [9.17, 15) is 4.39 Å². The Kier molecular flexibility index (Phi) is 4.54. The van der Waals surface area contributed by atoms with Crippen LogP contribution >= 0.6 is 15.9 Å². The fourth-order valence-corrected chi connectivity index (χ4v) is 2.08. The molecular formula is C13H18BrFN2. The van der Waals surface area contributed by atoms with Crippen LogP contribution in [0.3, 0.4) is 0 Å². The molecule has 1 atom stereocenters. The van der Waals surface area contributed by atoms with Crippen LogP contribution in [0, 0.1) is 5.82 Å². The van der Waals surface area contributed by atoms with Gasteiger partial charge >= 0.3 is 0 Å². The van der Waals surface area contributed by atoms with Crippen molar-refractivity contribution < 1.29 is 4.39 Å². The lowest BCUT2D eigenvalue weighted by Gasteiger charge is -2.15. The smallest absolute Gasteiger partial charge is 0.141 e. The molecule has 0 heterocycles. The average molecular weight is 301 g/mol. The molecule has 1 unspecified atom stereocenters. The molecule has 0 amide bonds. The highest BCUT2D eigenvalue weighted by Gasteiger charge is 2.20. The maximum absolute atomic E-state index is 13.7. The topological polar surface area (TPSA) is 24.1 Å². The molecule has 1 aliphatic rings. The highest BCUT2D eigenvalue weighted by atomic mass is 79.9. The number of halogens is 2. The van der Waals surface area contributed by atoms with Crippen molar-refractivity contribution in [2.75, 3.05) is 6.54 Å². The zero-order valence-electron chi connectivity index (χ0n) is 9.97. The lowest BCUT2D eigenvalue weighted by atomic mass is 10.2. The van der Waals surface area contributed by atoms with E-state index in [1.165, 1.54) is 12.8 Å². The molecule has 0 radical (unpaired) electrons. The van der Waals surface area contributed by atoms with Gasteiger partial charge < -0.3 is 10.6 Å². The summed E-state index contributed by atoms with van der Waals surface area (Å²) >= 11 is 3.20. The summed E-state index contributed by atoms with van der Waals surface area (Å²) < 4.78 is 14.2. The Bertz CT molecular complexity index is 380. The number of hydrogen-bond acceptors (Lipinski definition) is 2. The molecule has 1 saturated carbocycles. The van der Waals surface area contributed by atoms with Gasteiger partial charge in [-0.2, -0.15) is 0 Å². The molecule has 0 aliphatic heterocycles. The molecule has 1 aromatic carbocycles. The Balaban J connectivity index is 1.77. The van der Waals surface area contributed by atoms with E-state index in [1.54, 1.807) is 6.07 Å². The molecule has 2 nitrogen and oxygen atoms in total. The minimum atomic E-state index is -0.164. The molecular weight excluding hydrogens is 283 g/mol.